The molecule has 3 rings (SSSR count). The number of para-hydroxylation sites is 2. The largest absolute Gasteiger partial charge is 0.484 e. The molecule has 0 saturated carbocycles. The predicted octanol–water partition coefficient (Wildman–Crippen LogP) is 2.45. The van der Waals surface area contributed by atoms with Crippen LogP contribution in [0.1, 0.15) is 5.56 Å². The molecule has 0 aliphatic heterocycles. The molecule has 0 unspecified atom stereocenters. The molecule has 2 aromatic carbocycles. The molecular weight excluding hydrogens is 332 g/mol. The molecule has 26 heavy (non-hydrogen) atoms. The summed E-state index contributed by atoms with van der Waals surface area (Å²) in [4.78, 5) is 27.4. The normalized spacial score (nSPS) is 11.7. The smallest absolute Gasteiger partial charge is 0.328 e. The number of carbonyl (C=O) groups excluding carboxylic acids is 2. The van der Waals surface area contributed by atoms with Crippen LogP contribution in [0.25, 0.3) is 10.9 Å². The van der Waals surface area contributed by atoms with Crippen molar-refractivity contribution in [2.75, 3.05) is 13.7 Å². The maximum Gasteiger partial charge on any atom is 0.328 e. The lowest BCUT2D eigenvalue weighted by Crippen LogP contribution is -2.44. The number of esters is 1. The predicted molar refractivity (Wildman–Crippen MR) is 97.9 cm³/mol. The average Bonchev–Trinajstić information content (AvgIpc) is 3.09. The molecule has 0 radical (unpaired) electrons. The monoisotopic (exact) mass is 352 g/mol. The van der Waals surface area contributed by atoms with Gasteiger partial charge in [0.15, 0.2) is 6.61 Å². The summed E-state index contributed by atoms with van der Waals surface area (Å²) in [5.74, 6) is -0.290. The first kappa shape index (κ1) is 17.5. The third-order valence-electron chi connectivity index (χ3n) is 4.03. The first-order chi connectivity index (χ1) is 12.7. The molecule has 0 saturated heterocycles. The zero-order chi connectivity index (χ0) is 18.4. The number of hydrogen-bond acceptors (Lipinski definition) is 4. The highest BCUT2D eigenvalue weighted by atomic mass is 16.5. The van der Waals surface area contributed by atoms with Crippen molar-refractivity contribution in [1.29, 1.82) is 0 Å². The fourth-order valence-corrected chi connectivity index (χ4v) is 2.76. The van der Waals surface area contributed by atoms with Crippen LogP contribution < -0.4 is 10.1 Å². The van der Waals surface area contributed by atoms with Crippen molar-refractivity contribution in [3.8, 4) is 5.75 Å². The summed E-state index contributed by atoms with van der Waals surface area (Å²) in [6.07, 6.45) is 2.17. The molecular formula is C20H20N2O4. The van der Waals surface area contributed by atoms with Crippen LogP contribution in [0, 0.1) is 0 Å². The van der Waals surface area contributed by atoms with Gasteiger partial charge in [-0.25, -0.2) is 4.79 Å². The van der Waals surface area contributed by atoms with Gasteiger partial charge in [-0.2, -0.15) is 0 Å². The summed E-state index contributed by atoms with van der Waals surface area (Å²) in [7, 11) is 1.30. The number of aromatic nitrogens is 1. The Morgan fingerprint density at radius 2 is 1.81 bits per heavy atom. The van der Waals surface area contributed by atoms with Crippen LogP contribution in [-0.2, 0) is 20.7 Å². The Labute approximate surface area is 151 Å². The van der Waals surface area contributed by atoms with Crippen molar-refractivity contribution >= 4 is 22.8 Å². The second-order valence-electron chi connectivity index (χ2n) is 5.81. The third-order valence-corrected chi connectivity index (χ3v) is 4.03. The maximum atomic E-state index is 12.2. The molecule has 1 heterocycles. The highest BCUT2D eigenvalue weighted by Gasteiger charge is 2.23. The van der Waals surface area contributed by atoms with Crippen molar-refractivity contribution in [3.63, 3.8) is 0 Å². The number of fused-ring (bicyclic) bond motifs is 1. The number of H-pyrrole nitrogens is 1. The molecule has 6 nitrogen and oxygen atoms in total. The van der Waals surface area contributed by atoms with Crippen LogP contribution >= 0.6 is 0 Å². The van der Waals surface area contributed by atoms with E-state index in [4.69, 9.17) is 9.47 Å². The Morgan fingerprint density at radius 1 is 1.08 bits per heavy atom. The van der Waals surface area contributed by atoms with E-state index in [2.05, 4.69) is 10.3 Å². The Kier molecular flexibility index (Phi) is 5.53. The van der Waals surface area contributed by atoms with E-state index in [-0.39, 0.29) is 12.5 Å². The molecule has 0 fully saturated rings. The van der Waals surface area contributed by atoms with Crippen LogP contribution in [0.15, 0.2) is 60.8 Å². The number of aromatic amines is 1. The summed E-state index contributed by atoms with van der Waals surface area (Å²) in [6, 6.07) is 16.0. The van der Waals surface area contributed by atoms with Gasteiger partial charge in [0.2, 0.25) is 0 Å². The lowest BCUT2D eigenvalue weighted by Gasteiger charge is -2.16. The van der Waals surface area contributed by atoms with E-state index in [1.54, 1.807) is 12.1 Å². The van der Waals surface area contributed by atoms with Gasteiger partial charge in [0.25, 0.3) is 5.91 Å². The molecule has 0 spiro atoms. The van der Waals surface area contributed by atoms with Gasteiger partial charge in [-0.3, -0.25) is 4.79 Å². The number of nitrogens with one attached hydrogen (secondary N) is 2. The van der Waals surface area contributed by atoms with Gasteiger partial charge in [-0.05, 0) is 23.8 Å². The number of methoxy groups -OCH3 is 1. The summed E-state index contributed by atoms with van der Waals surface area (Å²) in [5.41, 5.74) is 1.91. The second kappa shape index (κ2) is 8.20. The zero-order valence-corrected chi connectivity index (χ0v) is 14.4. The number of carbonyl (C=O) groups is 2. The molecule has 0 aliphatic rings. The minimum atomic E-state index is -0.786. The number of ether oxygens (including phenoxy) is 2. The first-order valence-electron chi connectivity index (χ1n) is 8.27. The van der Waals surface area contributed by atoms with Crippen molar-refractivity contribution in [2.24, 2.45) is 0 Å². The summed E-state index contributed by atoms with van der Waals surface area (Å²) >= 11 is 0. The van der Waals surface area contributed by atoms with Crippen LogP contribution in [0.4, 0.5) is 0 Å². The van der Waals surface area contributed by atoms with Crippen LogP contribution in [0.5, 0.6) is 5.75 Å². The molecule has 6 heteroatoms. The number of rotatable bonds is 7. The van der Waals surface area contributed by atoms with E-state index >= 15 is 0 Å². The molecule has 2 N–H and O–H groups in total. The Balaban J connectivity index is 1.66. The van der Waals surface area contributed by atoms with Gasteiger partial charge >= 0.3 is 5.97 Å². The van der Waals surface area contributed by atoms with E-state index in [0.717, 1.165) is 16.5 Å². The van der Waals surface area contributed by atoms with Crippen LogP contribution in [0.3, 0.4) is 0 Å². The lowest BCUT2D eigenvalue weighted by molar-refractivity contribution is -0.145. The minimum Gasteiger partial charge on any atom is -0.484 e. The molecule has 1 atom stereocenters. The van der Waals surface area contributed by atoms with E-state index < -0.39 is 12.0 Å². The fraction of sp³-hybridized carbons (Fsp3) is 0.200. The highest BCUT2D eigenvalue weighted by molar-refractivity contribution is 5.87. The summed E-state index contributed by atoms with van der Waals surface area (Å²) in [5, 5.41) is 3.70. The second-order valence-corrected chi connectivity index (χ2v) is 5.81. The van der Waals surface area contributed by atoms with Gasteiger partial charge in [-0.1, -0.05) is 36.4 Å². The van der Waals surface area contributed by atoms with Crippen molar-refractivity contribution < 1.29 is 19.1 Å². The van der Waals surface area contributed by atoms with Crippen LogP contribution in [-0.4, -0.2) is 36.6 Å². The molecule has 0 bridgehead atoms. The van der Waals surface area contributed by atoms with Crippen molar-refractivity contribution in [2.45, 2.75) is 12.5 Å². The van der Waals surface area contributed by atoms with Gasteiger partial charge < -0.3 is 19.8 Å². The summed E-state index contributed by atoms with van der Waals surface area (Å²) < 4.78 is 10.2. The SMILES string of the molecule is COC(=O)[C@@H](Cc1c[nH]c2ccccc12)NC(=O)COc1ccccc1. The number of hydrogen-bond donors (Lipinski definition) is 2. The number of benzene rings is 2. The summed E-state index contributed by atoms with van der Waals surface area (Å²) in [6.45, 7) is -0.175. The van der Waals surface area contributed by atoms with Gasteiger partial charge in [0.05, 0.1) is 7.11 Å². The van der Waals surface area contributed by atoms with E-state index in [9.17, 15) is 9.59 Å². The third kappa shape index (κ3) is 4.22. The highest BCUT2D eigenvalue weighted by Crippen LogP contribution is 2.19. The zero-order valence-electron chi connectivity index (χ0n) is 14.4. The molecule has 134 valence electrons. The first-order valence-corrected chi connectivity index (χ1v) is 8.27. The average molecular weight is 352 g/mol. The quantitative estimate of drug-likeness (QED) is 0.640. The lowest BCUT2D eigenvalue weighted by atomic mass is 10.0. The van der Waals surface area contributed by atoms with E-state index in [1.807, 2.05) is 48.7 Å². The Bertz CT molecular complexity index is 889. The van der Waals surface area contributed by atoms with Crippen molar-refractivity contribution in [1.82, 2.24) is 10.3 Å². The molecule has 1 aromatic heterocycles. The minimum absolute atomic E-state index is 0.175. The molecule has 0 aliphatic carbocycles. The Morgan fingerprint density at radius 3 is 2.58 bits per heavy atom. The molecule has 3 aromatic rings. The van der Waals surface area contributed by atoms with Crippen molar-refractivity contribution in [3.05, 3.63) is 66.4 Å². The van der Waals surface area contributed by atoms with E-state index in [1.165, 1.54) is 7.11 Å². The van der Waals surface area contributed by atoms with Gasteiger partial charge in [0.1, 0.15) is 11.8 Å². The fourth-order valence-electron chi connectivity index (χ4n) is 2.76. The van der Waals surface area contributed by atoms with Crippen LogP contribution in [0.2, 0.25) is 0 Å². The maximum absolute atomic E-state index is 12.2. The topological polar surface area (TPSA) is 80.4 Å². The molecule has 1 amide bonds. The number of amides is 1. The van der Waals surface area contributed by atoms with Gasteiger partial charge in [-0.15, -0.1) is 0 Å². The standard InChI is InChI=1S/C20H20N2O4/c1-25-20(24)18(11-14-12-21-17-10-6-5-9-16(14)17)22-19(23)13-26-15-7-3-2-4-8-15/h2-10,12,18,21H,11,13H2,1H3,(H,22,23)/t18-/m1/s1. The van der Waals surface area contributed by atoms with Gasteiger partial charge in [0, 0.05) is 23.5 Å². The van der Waals surface area contributed by atoms with E-state index in [0.29, 0.717) is 12.2 Å². The Hall–Kier alpha value is -3.28.